The first-order valence-electron chi connectivity index (χ1n) is 12.9. The number of carbonyl (C=O) groups excluding carboxylic acids is 1. The highest BCUT2D eigenvalue weighted by Gasteiger charge is 2.33. The molecule has 206 valence electrons. The SMILES string of the molecule is C=CC(F)(F)c1cc(-c2cccnc2)nn1-c1ccc(NC(=O)c2cccnc2NCCN2CCOCC2)cc1. The molecule has 1 saturated heterocycles. The fraction of sp³-hybridized carbons (Fsp3) is 0.241. The Kier molecular flexibility index (Phi) is 8.23. The van der Waals surface area contributed by atoms with Gasteiger partial charge in [-0.3, -0.25) is 14.7 Å². The van der Waals surface area contributed by atoms with Crippen molar-refractivity contribution in [1.82, 2.24) is 24.6 Å². The third-order valence-electron chi connectivity index (χ3n) is 6.51. The van der Waals surface area contributed by atoms with E-state index in [1.165, 1.54) is 10.7 Å². The van der Waals surface area contributed by atoms with Crippen LogP contribution in [-0.2, 0) is 10.7 Å². The second kappa shape index (κ2) is 12.1. The Hall–Kier alpha value is -4.48. The van der Waals surface area contributed by atoms with Crippen molar-refractivity contribution in [1.29, 1.82) is 0 Å². The summed E-state index contributed by atoms with van der Waals surface area (Å²) in [4.78, 5) is 23.8. The molecule has 1 aromatic carbocycles. The summed E-state index contributed by atoms with van der Waals surface area (Å²) >= 11 is 0. The summed E-state index contributed by atoms with van der Waals surface area (Å²) in [6.45, 7) is 7.93. The van der Waals surface area contributed by atoms with Gasteiger partial charge in [0, 0.05) is 56.0 Å². The van der Waals surface area contributed by atoms with E-state index in [2.05, 4.69) is 37.2 Å². The molecule has 0 atom stereocenters. The maximum Gasteiger partial charge on any atom is 0.308 e. The van der Waals surface area contributed by atoms with E-state index in [0.717, 1.165) is 32.8 Å². The lowest BCUT2D eigenvalue weighted by Gasteiger charge is -2.26. The van der Waals surface area contributed by atoms with Gasteiger partial charge in [0.1, 0.15) is 11.5 Å². The smallest absolute Gasteiger partial charge is 0.308 e. The first-order valence-corrected chi connectivity index (χ1v) is 12.9. The van der Waals surface area contributed by atoms with E-state index in [4.69, 9.17) is 4.74 Å². The van der Waals surface area contributed by atoms with Crippen molar-refractivity contribution in [2.75, 3.05) is 50.0 Å². The molecule has 0 bridgehead atoms. The molecule has 0 radical (unpaired) electrons. The van der Waals surface area contributed by atoms with Gasteiger partial charge in [0.2, 0.25) is 0 Å². The molecule has 1 aliphatic rings. The van der Waals surface area contributed by atoms with Gasteiger partial charge in [-0.25, -0.2) is 9.67 Å². The number of alkyl halides is 2. The maximum absolute atomic E-state index is 14.8. The molecule has 0 spiro atoms. The molecule has 0 saturated carbocycles. The van der Waals surface area contributed by atoms with Crippen molar-refractivity contribution in [3.8, 4) is 16.9 Å². The average Bonchev–Trinajstić information content (AvgIpc) is 3.46. The lowest BCUT2D eigenvalue weighted by atomic mass is 10.1. The van der Waals surface area contributed by atoms with Crippen LogP contribution in [0.1, 0.15) is 16.1 Å². The van der Waals surface area contributed by atoms with Crippen LogP contribution in [0, 0.1) is 0 Å². The molecule has 5 rings (SSSR count). The number of nitrogens with zero attached hydrogens (tertiary/aromatic N) is 5. The molecule has 4 heterocycles. The van der Waals surface area contributed by atoms with Gasteiger partial charge in [0.25, 0.3) is 5.91 Å². The third-order valence-corrected chi connectivity index (χ3v) is 6.51. The molecule has 11 heteroatoms. The number of allylic oxidation sites excluding steroid dienone is 1. The van der Waals surface area contributed by atoms with E-state index >= 15 is 0 Å². The van der Waals surface area contributed by atoms with Crippen LogP contribution in [0.15, 0.2) is 85.8 Å². The number of nitrogens with one attached hydrogen (secondary N) is 2. The van der Waals surface area contributed by atoms with E-state index in [9.17, 15) is 13.6 Å². The van der Waals surface area contributed by atoms with E-state index in [1.54, 1.807) is 67.1 Å². The molecule has 0 unspecified atom stereocenters. The number of aromatic nitrogens is 4. The average molecular weight is 546 g/mol. The fourth-order valence-corrected chi connectivity index (χ4v) is 4.35. The van der Waals surface area contributed by atoms with Crippen molar-refractivity contribution in [2.45, 2.75) is 5.92 Å². The molecule has 40 heavy (non-hydrogen) atoms. The lowest BCUT2D eigenvalue weighted by molar-refractivity contribution is 0.0398. The Morgan fingerprint density at radius 2 is 1.88 bits per heavy atom. The predicted molar refractivity (Wildman–Crippen MR) is 149 cm³/mol. The summed E-state index contributed by atoms with van der Waals surface area (Å²) in [6.07, 6.45) is 5.37. The number of hydrogen-bond acceptors (Lipinski definition) is 7. The van der Waals surface area contributed by atoms with Crippen molar-refractivity contribution in [3.05, 3.63) is 97.1 Å². The zero-order valence-electron chi connectivity index (χ0n) is 21.8. The van der Waals surface area contributed by atoms with E-state index in [0.29, 0.717) is 46.6 Å². The predicted octanol–water partition coefficient (Wildman–Crippen LogP) is 4.60. The van der Waals surface area contributed by atoms with Gasteiger partial charge < -0.3 is 15.4 Å². The Balaban J connectivity index is 1.31. The molecule has 1 amide bonds. The minimum atomic E-state index is -3.31. The second-order valence-corrected chi connectivity index (χ2v) is 9.18. The summed E-state index contributed by atoms with van der Waals surface area (Å²) in [5.41, 5.74) is 1.92. The van der Waals surface area contributed by atoms with Gasteiger partial charge in [0.05, 0.1) is 30.2 Å². The van der Waals surface area contributed by atoms with Crippen LogP contribution in [0.25, 0.3) is 16.9 Å². The van der Waals surface area contributed by atoms with Crippen LogP contribution < -0.4 is 10.6 Å². The molecule has 0 aliphatic carbocycles. The summed E-state index contributed by atoms with van der Waals surface area (Å²) in [5.74, 6) is -3.17. The molecule has 2 N–H and O–H groups in total. The second-order valence-electron chi connectivity index (χ2n) is 9.18. The standard InChI is InChI=1S/C29H29F2N7O2/c1-2-29(30,31)26-19-25(21-5-3-11-32-20-21)36-38(26)23-9-7-22(8-10-23)35-28(39)24-6-4-12-33-27(24)34-13-14-37-15-17-40-18-16-37/h2-12,19-20H,1,13-18H2,(H,33,34)(H,35,39). The zero-order valence-corrected chi connectivity index (χ0v) is 21.8. The zero-order chi connectivity index (χ0) is 28.0. The van der Waals surface area contributed by atoms with Crippen molar-refractivity contribution >= 4 is 17.4 Å². The van der Waals surface area contributed by atoms with Crippen LogP contribution in [0.4, 0.5) is 20.3 Å². The quantitative estimate of drug-likeness (QED) is 0.281. The van der Waals surface area contributed by atoms with Crippen LogP contribution in [0.2, 0.25) is 0 Å². The highest BCUT2D eigenvalue weighted by Crippen LogP contribution is 2.34. The molecule has 1 aliphatic heterocycles. The Labute approximate surface area is 230 Å². The van der Waals surface area contributed by atoms with Crippen LogP contribution in [0.5, 0.6) is 0 Å². The largest absolute Gasteiger partial charge is 0.379 e. The molecular formula is C29H29F2N7O2. The number of halogens is 2. The van der Waals surface area contributed by atoms with Gasteiger partial charge in [-0.2, -0.15) is 13.9 Å². The minimum Gasteiger partial charge on any atom is -0.379 e. The summed E-state index contributed by atoms with van der Waals surface area (Å²) < 4.78 is 36.1. The summed E-state index contributed by atoms with van der Waals surface area (Å²) in [5, 5.41) is 10.5. The van der Waals surface area contributed by atoms with Gasteiger partial charge in [-0.15, -0.1) is 0 Å². The number of ether oxygens (including phenoxy) is 1. The van der Waals surface area contributed by atoms with Crippen molar-refractivity contribution in [2.24, 2.45) is 0 Å². The van der Waals surface area contributed by atoms with Gasteiger partial charge >= 0.3 is 5.92 Å². The van der Waals surface area contributed by atoms with Crippen LogP contribution >= 0.6 is 0 Å². The van der Waals surface area contributed by atoms with Gasteiger partial charge in [-0.1, -0.05) is 6.58 Å². The lowest BCUT2D eigenvalue weighted by Crippen LogP contribution is -2.39. The van der Waals surface area contributed by atoms with Crippen LogP contribution in [0.3, 0.4) is 0 Å². The highest BCUT2D eigenvalue weighted by molar-refractivity contribution is 6.07. The third kappa shape index (κ3) is 6.22. The Morgan fingerprint density at radius 3 is 2.60 bits per heavy atom. The molecule has 3 aromatic heterocycles. The van der Waals surface area contributed by atoms with E-state index < -0.39 is 5.92 Å². The topological polar surface area (TPSA) is 97.2 Å². The highest BCUT2D eigenvalue weighted by atomic mass is 19.3. The number of benzene rings is 1. The molecule has 1 fully saturated rings. The normalized spacial score (nSPS) is 14.1. The summed E-state index contributed by atoms with van der Waals surface area (Å²) in [6, 6.07) is 14.7. The number of anilines is 2. The van der Waals surface area contributed by atoms with E-state index in [-0.39, 0.29) is 11.6 Å². The molecular weight excluding hydrogens is 516 g/mol. The summed E-state index contributed by atoms with van der Waals surface area (Å²) in [7, 11) is 0. The first-order chi connectivity index (χ1) is 19.4. The number of pyridine rings is 2. The number of hydrogen-bond donors (Lipinski definition) is 2. The van der Waals surface area contributed by atoms with Gasteiger partial charge in [-0.05, 0) is 60.7 Å². The van der Waals surface area contributed by atoms with Crippen molar-refractivity contribution < 1.29 is 18.3 Å². The molecule has 9 nitrogen and oxygen atoms in total. The van der Waals surface area contributed by atoms with Crippen molar-refractivity contribution in [3.63, 3.8) is 0 Å². The Bertz CT molecular complexity index is 1450. The maximum atomic E-state index is 14.8. The number of morpholine rings is 1. The van der Waals surface area contributed by atoms with E-state index in [1.807, 2.05) is 0 Å². The molecule has 4 aromatic rings. The monoisotopic (exact) mass is 545 g/mol. The number of rotatable bonds is 10. The Morgan fingerprint density at radius 1 is 1.10 bits per heavy atom. The van der Waals surface area contributed by atoms with Crippen LogP contribution in [-0.4, -0.2) is 69.9 Å². The fourth-order valence-electron chi connectivity index (χ4n) is 4.35. The first kappa shape index (κ1) is 27.1. The number of amides is 1. The minimum absolute atomic E-state index is 0.332. The van der Waals surface area contributed by atoms with Gasteiger partial charge in [0.15, 0.2) is 0 Å². The number of carbonyl (C=O) groups is 1.